The lowest BCUT2D eigenvalue weighted by Crippen LogP contribution is -2.28. The minimum absolute atomic E-state index is 0.00862. The van der Waals surface area contributed by atoms with Crippen LogP contribution in [0.15, 0.2) is 41.6 Å². The van der Waals surface area contributed by atoms with Crippen LogP contribution >= 0.6 is 0 Å². The number of carbonyl (C=O) groups is 2. The number of nitrogens with one attached hydrogen (secondary N) is 2. The molecule has 12 heteroatoms. The second-order valence-corrected chi connectivity index (χ2v) is 7.83. The Labute approximate surface area is 172 Å². The van der Waals surface area contributed by atoms with E-state index in [4.69, 9.17) is 9.88 Å². The van der Waals surface area contributed by atoms with Crippen molar-refractivity contribution in [1.29, 1.82) is 0 Å². The SMILES string of the molecule is CCOC(=O)c1cnc2c(NC(=O)NCc3ccc(S(N)(=O)=O)cc3)cnn2c1C. The second kappa shape index (κ2) is 8.47. The Hall–Kier alpha value is -3.51. The van der Waals surface area contributed by atoms with E-state index in [2.05, 4.69) is 20.7 Å². The van der Waals surface area contributed by atoms with Crippen LogP contribution in [0.5, 0.6) is 0 Å². The highest BCUT2D eigenvalue weighted by Gasteiger charge is 2.17. The van der Waals surface area contributed by atoms with Crippen molar-refractivity contribution >= 4 is 33.4 Å². The second-order valence-electron chi connectivity index (χ2n) is 6.27. The number of urea groups is 1. The van der Waals surface area contributed by atoms with E-state index in [-0.39, 0.29) is 23.6 Å². The van der Waals surface area contributed by atoms with Crippen LogP contribution in [-0.2, 0) is 21.3 Å². The number of fused-ring (bicyclic) bond motifs is 1. The summed E-state index contributed by atoms with van der Waals surface area (Å²) < 4.78 is 29.0. The number of ether oxygens (including phenoxy) is 1. The highest BCUT2D eigenvalue weighted by Crippen LogP contribution is 2.18. The van der Waals surface area contributed by atoms with Crippen molar-refractivity contribution in [3.8, 4) is 0 Å². The lowest BCUT2D eigenvalue weighted by Gasteiger charge is -2.08. The van der Waals surface area contributed by atoms with Gasteiger partial charge >= 0.3 is 12.0 Å². The number of amides is 2. The summed E-state index contributed by atoms with van der Waals surface area (Å²) >= 11 is 0. The molecule has 3 aromatic rings. The van der Waals surface area contributed by atoms with E-state index in [1.54, 1.807) is 26.0 Å². The number of anilines is 1. The van der Waals surface area contributed by atoms with E-state index in [1.165, 1.54) is 29.0 Å². The number of nitrogens with two attached hydrogens (primary N) is 1. The Morgan fingerprint density at radius 1 is 1.20 bits per heavy atom. The van der Waals surface area contributed by atoms with Gasteiger partial charge in [-0.2, -0.15) is 5.10 Å². The Morgan fingerprint density at radius 2 is 1.90 bits per heavy atom. The van der Waals surface area contributed by atoms with Crippen molar-refractivity contribution < 1.29 is 22.7 Å². The molecule has 0 aliphatic carbocycles. The number of benzene rings is 1. The number of rotatable bonds is 6. The normalized spacial score (nSPS) is 11.3. The van der Waals surface area contributed by atoms with Crippen molar-refractivity contribution in [2.75, 3.05) is 11.9 Å². The predicted molar refractivity (Wildman–Crippen MR) is 107 cm³/mol. The molecule has 0 unspecified atom stereocenters. The van der Waals surface area contributed by atoms with E-state index in [0.29, 0.717) is 22.6 Å². The summed E-state index contributed by atoms with van der Waals surface area (Å²) in [5, 5.41) is 14.5. The molecule has 2 aromatic heterocycles. The number of aryl methyl sites for hydroxylation is 1. The van der Waals surface area contributed by atoms with E-state index < -0.39 is 22.0 Å². The van der Waals surface area contributed by atoms with Crippen molar-refractivity contribution in [3.05, 3.63) is 53.5 Å². The lowest BCUT2D eigenvalue weighted by atomic mass is 10.2. The summed E-state index contributed by atoms with van der Waals surface area (Å²) in [5.74, 6) is -0.499. The molecule has 0 aliphatic rings. The van der Waals surface area contributed by atoms with E-state index in [1.807, 2.05) is 0 Å². The van der Waals surface area contributed by atoms with Gasteiger partial charge in [0, 0.05) is 12.7 Å². The van der Waals surface area contributed by atoms with Gasteiger partial charge < -0.3 is 15.4 Å². The summed E-state index contributed by atoms with van der Waals surface area (Å²) in [4.78, 5) is 28.4. The van der Waals surface area contributed by atoms with Crippen molar-refractivity contribution in [3.63, 3.8) is 0 Å². The maximum absolute atomic E-state index is 12.2. The number of esters is 1. The first kappa shape index (κ1) is 21.2. The van der Waals surface area contributed by atoms with Gasteiger partial charge in [-0.25, -0.2) is 32.6 Å². The van der Waals surface area contributed by atoms with Gasteiger partial charge in [-0.3, -0.25) is 0 Å². The minimum Gasteiger partial charge on any atom is -0.462 e. The van der Waals surface area contributed by atoms with Gasteiger partial charge in [-0.05, 0) is 31.5 Å². The maximum Gasteiger partial charge on any atom is 0.341 e. The fraction of sp³-hybridized carbons (Fsp3) is 0.222. The number of aromatic nitrogens is 3. The van der Waals surface area contributed by atoms with Crippen molar-refractivity contribution in [2.24, 2.45) is 5.14 Å². The smallest absolute Gasteiger partial charge is 0.341 e. The van der Waals surface area contributed by atoms with Crippen molar-refractivity contribution in [1.82, 2.24) is 19.9 Å². The van der Waals surface area contributed by atoms with Gasteiger partial charge in [0.2, 0.25) is 10.0 Å². The van der Waals surface area contributed by atoms with Crippen LogP contribution in [0.1, 0.15) is 28.5 Å². The molecule has 0 saturated carbocycles. The first-order valence-corrected chi connectivity index (χ1v) is 10.4. The molecule has 2 heterocycles. The molecule has 1 aromatic carbocycles. The van der Waals surface area contributed by atoms with Crippen LogP contribution in [0.25, 0.3) is 5.65 Å². The molecule has 0 radical (unpaired) electrons. The molecule has 0 atom stereocenters. The molecule has 4 N–H and O–H groups in total. The number of sulfonamides is 1. The zero-order valence-corrected chi connectivity index (χ0v) is 17.1. The molecule has 0 saturated heterocycles. The largest absolute Gasteiger partial charge is 0.462 e. The molecule has 30 heavy (non-hydrogen) atoms. The summed E-state index contributed by atoms with van der Waals surface area (Å²) in [7, 11) is -3.77. The predicted octanol–water partition coefficient (Wildman–Crippen LogP) is 1.18. The van der Waals surface area contributed by atoms with Gasteiger partial charge in [0.15, 0.2) is 5.65 Å². The quantitative estimate of drug-likeness (QED) is 0.493. The number of carbonyl (C=O) groups excluding carboxylic acids is 2. The zero-order valence-electron chi connectivity index (χ0n) is 16.2. The molecular weight excluding hydrogens is 412 g/mol. The summed E-state index contributed by atoms with van der Waals surface area (Å²) in [6.07, 6.45) is 2.80. The Bertz CT molecular complexity index is 1200. The average molecular weight is 432 g/mol. The van der Waals surface area contributed by atoms with Gasteiger partial charge in [0.25, 0.3) is 0 Å². The van der Waals surface area contributed by atoms with Crippen LogP contribution in [0.2, 0.25) is 0 Å². The molecule has 11 nitrogen and oxygen atoms in total. The Morgan fingerprint density at radius 3 is 2.53 bits per heavy atom. The lowest BCUT2D eigenvalue weighted by molar-refractivity contribution is 0.0524. The molecule has 0 spiro atoms. The molecule has 0 fully saturated rings. The van der Waals surface area contributed by atoms with E-state index in [9.17, 15) is 18.0 Å². The monoisotopic (exact) mass is 432 g/mol. The Balaban J connectivity index is 1.68. The standard InChI is InChI=1S/C18H20N6O5S/c1-3-29-17(25)14-9-20-16-15(10-22-24(16)11(14)2)23-18(26)21-8-12-4-6-13(7-5-12)30(19,27)28/h4-7,9-10H,3,8H2,1-2H3,(H2,19,27,28)(H2,21,23,26). The van der Waals surface area contributed by atoms with Crippen LogP contribution in [-0.4, -0.2) is 41.6 Å². The Kier molecular flexibility index (Phi) is 5.99. The summed E-state index contributed by atoms with van der Waals surface area (Å²) in [5.41, 5.74) is 2.22. The molecule has 2 amide bonds. The van der Waals surface area contributed by atoms with Gasteiger partial charge in [0.05, 0.1) is 29.0 Å². The molecular formula is C18H20N6O5S. The first-order valence-electron chi connectivity index (χ1n) is 8.87. The topological polar surface area (TPSA) is 158 Å². The third kappa shape index (κ3) is 4.55. The maximum atomic E-state index is 12.2. The average Bonchev–Trinajstić information content (AvgIpc) is 3.10. The number of nitrogens with zero attached hydrogens (tertiary/aromatic N) is 3. The summed E-state index contributed by atoms with van der Waals surface area (Å²) in [6.45, 7) is 3.81. The third-order valence-corrected chi connectivity index (χ3v) is 5.14. The van der Waals surface area contributed by atoms with Gasteiger partial charge in [-0.1, -0.05) is 12.1 Å². The van der Waals surface area contributed by atoms with E-state index >= 15 is 0 Å². The first-order chi connectivity index (χ1) is 14.2. The van der Waals surface area contributed by atoms with Gasteiger partial charge in [-0.15, -0.1) is 0 Å². The van der Waals surface area contributed by atoms with Crippen molar-refractivity contribution in [2.45, 2.75) is 25.3 Å². The molecule has 0 bridgehead atoms. The zero-order chi connectivity index (χ0) is 21.9. The number of hydrogen-bond acceptors (Lipinski definition) is 7. The number of primary sulfonamides is 1. The molecule has 0 aliphatic heterocycles. The fourth-order valence-corrected chi connectivity index (χ4v) is 3.20. The molecule has 3 rings (SSSR count). The summed E-state index contributed by atoms with van der Waals surface area (Å²) in [6, 6.07) is 5.33. The van der Waals surface area contributed by atoms with E-state index in [0.717, 1.165) is 0 Å². The van der Waals surface area contributed by atoms with Gasteiger partial charge in [0.1, 0.15) is 5.69 Å². The van der Waals surface area contributed by atoms with Crippen LogP contribution in [0, 0.1) is 6.92 Å². The van der Waals surface area contributed by atoms with Crippen LogP contribution in [0.4, 0.5) is 10.5 Å². The minimum atomic E-state index is -3.77. The molecule has 158 valence electrons. The van der Waals surface area contributed by atoms with Crippen LogP contribution < -0.4 is 15.8 Å². The fourth-order valence-electron chi connectivity index (χ4n) is 2.69. The number of hydrogen-bond donors (Lipinski definition) is 3. The highest BCUT2D eigenvalue weighted by atomic mass is 32.2. The highest BCUT2D eigenvalue weighted by molar-refractivity contribution is 7.89. The third-order valence-electron chi connectivity index (χ3n) is 4.22. The van der Waals surface area contributed by atoms with Crippen LogP contribution in [0.3, 0.4) is 0 Å².